The van der Waals surface area contributed by atoms with Gasteiger partial charge in [0.05, 0.1) is 11.1 Å². The number of amidine groups is 1. The summed E-state index contributed by atoms with van der Waals surface area (Å²) in [5, 5.41) is 27.7. The van der Waals surface area contributed by atoms with Crippen molar-refractivity contribution in [2.45, 2.75) is 18.4 Å². The highest BCUT2D eigenvalue weighted by Crippen LogP contribution is 2.38. The van der Waals surface area contributed by atoms with Crippen molar-refractivity contribution in [3.8, 4) is 0 Å². The summed E-state index contributed by atoms with van der Waals surface area (Å²) in [5.41, 5.74) is -2.17. The molecule has 0 bridgehead atoms. The van der Waals surface area contributed by atoms with E-state index in [0.717, 1.165) is 0 Å². The summed E-state index contributed by atoms with van der Waals surface area (Å²) in [5.74, 6) is -2.08. The average molecular weight is 421 g/mol. The standard InChI is InChI=1S/C17H13F6N3O3/c18-16(19,20)10-5-9(6-11(7-10)17(21,22)23)13(15(27)28)25-12-3-1-8(2-4-12)14(24)26-29/h1-7,13,25,29H,(H2,24,26)(H,27,28). The molecule has 5 N–H and O–H groups in total. The van der Waals surface area contributed by atoms with Gasteiger partial charge in [-0.05, 0) is 48.0 Å². The molecule has 0 spiro atoms. The first-order chi connectivity index (χ1) is 13.3. The average Bonchev–Trinajstić information content (AvgIpc) is 2.64. The topological polar surface area (TPSA) is 105 Å². The number of carboxylic acid groups (broad SMARTS) is 1. The molecule has 6 nitrogen and oxygen atoms in total. The van der Waals surface area contributed by atoms with Crippen molar-refractivity contribution in [2.75, 3.05) is 5.32 Å². The molecule has 0 fully saturated rings. The highest BCUT2D eigenvalue weighted by molar-refractivity contribution is 5.95. The third-order valence-corrected chi connectivity index (χ3v) is 3.79. The van der Waals surface area contributed by atoms with E-state index in [1.165, 1.54) is 24.3 Å². The van der Waals surface area contributed by atoms with E-state index in [2.05, 4.69) is 5.32 Å². The number of rotatable bonds is 5. The number of nitrogens with one attached hydrogen (secondary N) is 3. The normalized spacial score (nSPS) is 12.9. The molecule has 2 aromatic carbocycles. The number of halogens is 6. The number of carboxylic acids is 1. The van der Waals surface area contributed by atoms with Crippen LogP contribution in [0.3, 0.4) is 0 Å². The zero-order valence-corrected chi connectivity index (χ0v) is 14.2. The highest BCUT2D eigenvalue weighted by atomic mass is 19.4. The SMILES string of the molecule is N=C(NO)c1ccc(NC(C(=O)O)c2cc(C(F)(F)F)cc(C(F)(F)F)c2)cc1. The summed E-state index contributed by atoms with van der Waals surface area (Å²) in [6, 6.07) is 3.71. The summed E-state index contributed by atoms with van der Waals surface area (Å²) < 4.78 is 78.0. The van der Waals surface area contributed by atoms with Crippen LogP contribution in [0.2, 0.25) is 0 Å². The Bertz CT molecular complexity index is 878. The quantitative estimate of drug-likeness (QED) is 0.215. The number of alkyl halides is 6. The second-order valence-corrected chi connectivity index (χ2v) is 5.82. The van der Waals surface area contributed by atoms with Crippen LogP contribution in [-0.4, -0.2) is 22.1 Å². The monoisotopic (exact) mass is 421 g/mol. The Labute approximate surface area is 159 Å². The van der Waals surface area contributed by atoms with Gasteiger partial charge in [-0.2, -0.15) is 26.3 Å². The molecule has 0 saturated heterocycles. The number of carbonyl (C=O) groups is 1. The summed E-state index contributed by atoms with van der Waals surface area (Å²) >= 11 is 0. The Morgan fingerprint density at radius 3 is 1.79 bits per heavy atom. The van der Waals surface area contributed by atoms with E-state index in [9.17, 15) is 36.2 Å². The largest absolute Gasteiger partial charge is 0.479 e. The van der Waals surface area contributed by atoms with Crippen LogP contribution in [-0.2, 0) is 17.1 Å². The van der Waals surface area contributed by atoms with Crippen molar-refractivity contribution in [1.29, 1.82) is 5.41 Å². The highest BCUT2D eigenvalue weighted by Gasteiger charge is 2.38. The van der Waals surface area contributed by atoms with E-state index >= 15 is 0 Å². The molecule has 2 rings (SSSR count). The van der Waals surface area contributed by atoms with Gasteiger partial charge in [0.25, 0.3) is 0 Å². The molecule has 0 aromatic heterocycles. The lowest BCUT2D eigenvalue weighted by molar-refractivity contribution is -0.144. The third kappa shape index (κ3) is 5.38. The van der Waals surface area contributed by atoms with E-state index in [-0.39, 0.29) is 23.2 Å². The number of aliphatic carboxylic acids is 1. The summed E-state index contributed by atoms with van der Waals surface area (Å²) in [4.78, 5) is 11.5. The summed E-state index contributed by atoms with van der Waals surface area (Å²) in [7, 11) is 0. The third-order valence-electron chi connectivity index (χ3n) is 3.79. The van der Waals surface area contributed by atoms with Gasteiger partial charge in [0.2, 0.25) is 0 Å². The molecule has 0 aliphatic carbocycles. The maximum absolute atomic E-state index is 13.0. The fraction of sp³-hybridized carbons (Fsp3) is 0.176. The predicted molar refractivity (Wildman–Crippen MR) is 88.6 cm³/mol. The predicted octanol–water partition coefficient (Wildman–Crippen LogP) is 4.27. The second-order valence-electron chi connectivity index (χ2n) is 5.82. The molecule has 2 aromatic rings. The number of hydrogen-bond donors (Lipinski definition) is 5. The molecule has 0 aliphatic rings. The van der Waals surface area contributed by atoms with Gasteiger partial charge in [0, 0.05) is 11.3 Å². The minimum Gasteiger partial charge on any atom is -0.479 e. The summed E-state index contributed by atoms with van der Waals surface area (Å²) in [6.45, 7) is 0. The molecule has 12 heteroatoms. The number of hydroxylamine groups is 1. The van der Waals surface area contributed by atoms with Crippen molar-refractivity contribution >= 4 is 17.5 Å². The molecule has 1 atom stereocenters. The Hall–Kier alpha value is -3.28. The maximum Gasteiger partial charge on any atom is 0.416 e. The van der Waals surface area contributed by atoms with Gasteiger partial charge in [0.15, 0.2) is 6.04 Å². The van der Waals surface area contributed by atoms with Crippen LogP contribution >= 0.6 is 0 Å². The van der Waals surface area contributed by atoms with Gasteiger partial charge in [-0.15, -0.1) is 0 Å². The fourth-order valence-electron chi connectivity index (χ4n) is 2.40. The Kier molecular flexibility index (Phi) is 6.07. The van der Waals surface area contributed by atoms with E-state index < -0.39 is 41.1 Å². The summed E-state index contributed by atoms with van der Waals surface area (Å²) in [6.07, 6.45) is -10.2. The van der Waals surface area contributed by atoms with Crippen LogP contribution in [0.15, 0.2) is 42.5 Å². The zero-order valence-electron chi connectivity index (χ0n) is 14.2. The van der Waals surface area contributed by atoms with Gasteiger partial charge in [-0.1, -0.05) is 0 Å². The van der Waals surface area contributed by atoms with Crippen LogP contribution in [0.25, 0.3) is 0 Å². The lowest BCUT2D eigenvalue weighted by Crippen LogP contribution is -2.23. The molecule has 29 heavy (non-hydrogen) atoms. The molecular formula is C17H13F6N3O3. The first-order valence-electron chi connectivity index (χ1n) is 7.70. The van der Waals surface area contributed by atoms with Gasteiger partial charge < -0.3 is 10.4 Å². The molecule has 1 unspecified atom stereocenters. The Morgan fingerprint density at radius 2 is 1.41 bits per heavy atom. The molecule has 0 aliphatic heterocycles. The molecule has 0 radical (unpaired) electrons. The van der Waals surface area contributed by atoms with E-state index in [4.69, 9.17) is 10.6 Å². The van der Waals surface area contributed by atoms with Crippen molar-refractivity contribution in [3.63, 3.8) is 0 Å². The van der Waals surface area contributed by atoms with E-state index in [0.29, 0.717) is 12.1 Å². The fourth-order valence-corrected chi connectivity index (χ4v) is 2.40. The minimum atomic E-state index is -5.11. The van der Waals surface area contributed by atoms with Crippen molar-refractivity contribution in [2.24, 2.45) is 0 Å². The Morgan fingerprint density at radius 1 is 0.931 bits per heavy atom. The molecule has 0 saturated carbocycles. The zero-order chi connectivity index (χ0) is 22.0. The van der Waals surface area contributed by atoms with Gasteiger partial charge in [-0.3, -0.25) is 16.1 Å². The number of benzene rings is 2. The van der Waals surface area contributed by atoms with Crippen LogP contribution < -0.4 is 10.8 Å². The molecule has 156 valence electrons. The minimum absolute atomic E-state index is 0.0536. The van der Waals surface area contributed by atoms with Gasteiger partial charge in [0.1, 0.15) is 5.84 Å². The van der Waals surface area contributed by atoms with Crippen molar-refractivity contribution in [1.82, 2.24) is 5.48 Å². The van der Waals surface area contributed by atoms with Crippen LogP contribution in [0.1, 0.15) is 28.3 Å². The molecule has 0 amide bonds. The lowest BCUT2D eigenvalue weighted by atomic mass is 9.99. The second kappa shape index (κ2) is 7.99. The first kappa shape index (κ1) is 22.0. The van der Waals surface area contributed by atoms with Crippen LogP contribution in [0.4, 0.5) is 32.0 Å². The Balaban J connectivity index is 2.47. The molecular weight excluding hydrogens is 408 g/mol. The van der Waals surface area contributed by atoms with E-state index in [1.807, 2.05) is 0 Å². The number of hydrogen-bond acceptors (Lipinski definition) is 4. The van der Waals surface area contributed by atoms with Gasteiger partial charge in [-0.25, -0.2) is 4.79 Å². The van der Waals surface area contributed by atoms with E-state index in [1.54, 1.807) is 5.48 Å². The van der Waals surface area contributed by atoms with Crippen molar-refractivity contribution < 1.29 is 41.5 Å². The van der Waals surface area contributed by atoms with Gasteiger partial charge >= 0.3 is 18.3 Å². The smallest absolute Gasteiger partial charge is 0.416 e. The van der Waals surface area contributed by atoms with Crippen molar-refractivity contribution in [3.05, 3.63) is 64.7 Å². The molecule has 0 heterocycles. The lowest BCUT2D eigenvalue weighted by Gasteiger charge is -2.20. The number of anilines is 1. The van der Waals surface area contributed by atoms with Crippen LogP contribution in [0.5, 0.6) is 0 Å². The van der Waals surface area contributed by atoms with Crippen LogP contribution in [0, 0.1) is 5.41 Å². The first-order valence-corrected chi connectivity index (χ1v) is 7.70. The maximum atomic E-state index is 13.0.